The van der Waals surface area contributed by atoms with E-state index in [1.807, 2.05) is 0 Å². The molecular formula is C16H30N2. The van der Waals surface area contributed by atoms with Gasteiger partial charge in [-0.15, -0.1) is 0 Å². The molecule has 0 aromatic carbocycles. The summed E-state index contributed by atoms with van der Waals surface area (Å²) in [6, 6.07) is 1.82. The molecule has 0 radical (unpaired) electrons. The number of piperidine rings is 1. The van der Waals surface area contributed by atoms with Crippen LogP contribution in [-0.2, 0) is 0 Å². The van der Waals surface area contributed by atoms with Crippen LogP contribution in [0.4, 0.5) is 0 Å². The first-order valence-corrected chi connectivity index (χ1v) is 8.41. The van der Waals surface area contributed by atoms with Crippen LogP contribution in [-0.4, -0.2) is 48.1 Å². The fourth-order valence-electron chi connectivity index (χ4n) is 4.35. The Kier molecular flexibility index (Phi) is 4.58. The minimum Gasteiger partial charge on any atom is -0.299 e. The summed E-state index contributed by atoms with van der Waals surface area (Å²) in [5.74, 6) is 0. The van der Waals surface area contributed by atoms with E-state index in [-0.39, 0.29) is 0 Å². The van der Waals surface area contributed by atoms with Gasteiger partial charge in [-0.05, 0) is 51.7 Å². The van der Waals surface area contributed by atoms with Crippen LogP contribution < -0.4 is 0 Å². The molecule has 0 bridgehead atoms. The van der Waals surface area contributed by atoms with Gasteiger partial charge in [0, 0.05) is 18.6 Å². The van der Waals surface area contributed by atoms with Gasteiger partial charge in [0.05, 0.1) is 0 Å². The van der Waals surface area contributed by atoms with Crippen molar-refractivity contribution < 1.29 is 0 Å². The first-order chi connectivity index (χ1) is 8.93. The molecule has 0 aromatic rings. The van der Waals surface area contributed by atoms with Crippen LogP contribution in [0.25, 0.3) is 0 Å². The summed E-state index contributed by atoms with van der Waals surface area (Å²) in [4.78, 5) is 5.67. The van der Waals surface area contributed by atoms with E-state index in [1.165, 1.54) is 90.4 Å². The van der Waals surface area contributed by atoms with Gasteiger partial charge in [0.2, 0.25) is 0 Å². The van der Waals surface area contributed by atoms with Gasteiger partial charge < -0.3 is 0 Å². The Morgan fingerprint density at radius 1 is 0.500 bits per heavy atom. The van der Waals surface area contributed by atoms with E-state index < -0.39 is 0 Å². The summed E-state index contributed by atoms with van der Waals surface area (Å²) in [7, 11) is 0. The van der Waals surface area contributed by atoms with Gasteiger partial charge >= 0.3 is 0 Å². The van der Waals surface area contributed by atoms with Gasteiger partial charge in [-0.1, -0.05) is 32.1 Å². The molecule has 0 spiro atoms. The summed E-state index contributed by atoms with van der Waals surface area (Å²) >= 11 is 0. The molecule has 2 heterocycles. The average molecular weight is 250 g/mol. The Hall–Kier alpha value is -0.0800. The molecule has 2 nitrogen and oxygen atoms in total. The Morgan fingerprint density at radius 2 is 1.11 bits per heavy atom. The van der Waals surface area contributed by atoms with Gasteiger partial charge in [-0.25, -0.2) is 0 Å². The lowest BCUT2D eigenvalue weighted by molar-refractivity contribution is 0.114. The van der Waals surface area contributed by atoms with Gasteiger partial charge in [0.15, 0.2) is 0 Å². The summed E-state index contributed by atoms with van der Waals surface area (Å²) in [6.45, 7) is 5.50. The van der Waals surface area contributed by atoms with Crippen LogP contribution in [0.3, 0.4) is 0 Å². The lowest BCUT2D eigenvalue weighted by atomic mass is 10.0. The van der Waals surface area contributed by atoms with E-state index in [0.717, 1.165) is 12.1 Å². The zero-order valence-electron chi connectivity index (χ0n) is 11.9. The van der Waals surface area contributed by atoms with E-state index in [9.17, 15) is 0 Å². The smallest absolute Gasteiger partial charge is 0.0223 e. The zero-order chi connectivity index (χ0) is 12.2. The summed E-state index contributed by atoms with van der Waals surface area (Å²) < 4.78 is 0. The maximum Gasteiger partial charge on any atom is 0.0223 e. The second-order valence-electron chi connectivity index (χ2n) is 6.68. The van der Waals surface area contributed by atoms with Crippen LogP contribution in [0.15, 0.2) is 0 Å². The predicted molar refractivity (Wildman–Crippen MR) is 76.9 cm³/mol. The number of nitrogens with zero attached hydrogens (tertiary/aromatic N) is 2. The maximum atomic E-state index is 2.88. The summed E-state index contributed by atoms with van der Waals surface area (Å²) in [6.07, 6.45) is 14.7. The van der Waals surface area contributed by atoms with Crippen LogP contribution >= 0.6 is 0 Å². The minimum atomic E-state index is 0.893. The maximum absolute atomic E-state index is 2.88. The highest BCUT2D eigenvalue weighted by Crippen LogP contribution is 2.26. The molecular weight excluding hydrogens is 220 g/mol. The van der Waals surface area contributed by atoms with E-state index in [1.54, 1.807) is 0 Å². The molecule has 3 fully saturated rings. The molecule has 0 N–H and O–H groups in total. The van der Waals surface area contributed by atoms with Gasteiger partial charge in [0.1, 0.15) is 0 Å². The molecule has 2 heteroatoms. The Labute approximate surface area is 113 Å². The third kappa shape index (κ3) is 3.08. The standard InChI is InChI=1S/C16H30N2/c1-2-4-9-15(8-3-1)18-13-7-12-17-11-6-5-10-16(17)14-18/h15-16H,1-14H2. The minimum absolute atomic E-state index is 0.893. The SMILES string of the molecule is C1CCCC(N2CCCN3CCCCC3C2)CC1. The third-order valence-electron chi connectivity index (χ3n) is 5.43. The molecule has 104 valence electrons. The molecule has 18 heavy (non-hydrogen) atoms. The van der Waals surface area contributed by atoms with Crippen molar-refractivity contribution in [3.8, 4) is 0 Å². The number of rotatable bonds is 1. The Balaban J connectivity index is 1.61. The van der Waals surface area contributed by atoms with Crippen molar-refractivity contribution in [2.45, 2.75) is 76.3 Å². The summed E-state index contributed by atoms with van der Waals surface area (Å²) in [5.41, 5.74) is 0. The highest BCUT2D eigenvalue weighted by molar-refractivity contribution is 4.86. The fourth-order valence-corrected chi connectivity index (χ4v) is 4.35. The normalized spacial score (nSPS) is 33.7. The Morgan fingerprint density at radius 3 is 1.94 bits per heavy atom. The van der Waals surface area contributed by atoms with E-state index in [4.69, 9.17) is 0 Å². The first-order valence-electron chi connectivity index (χ1n) is 8.41. The first kappa shape index (κ1) is 12.9. The fraction of sp³-hybridized carbons (Fsp3) is 1.00. The van der Waals surface area contributed by atoms with Crippen molar-refractivity contribution in [2.75, 3.05) is 26.2 Å². The molecule has 0 aromatic heterocycles. The van der Waals surface area contributed by atoms with Gasteiger partial charge in [0.25, 0.3) is 0 Å². The lowest BCUT2D eigenvalue weighted by Gasteiger charge is -2.37. The van der Waals surface area contributed by atoms with Gasteiger partial charge in [-0.2, -0.15) is 0 Å². The third-order valence-corrected chi connectivity index (χ3v) is 5.43. The zero-order valence-corrected chi connectivity index (χ0v) is 11.9. The van der Waals surface area contributed by atoms with Gasteiger partial charge in [-0.3, -0.25) is 9.80 Å². The molecule has 1 aliphatic carbocycles. The Bertz CT molecular complexity index is 245. The van der Waals surface area contributed by atoms with Crippen molar-refractivity contribution in [3.63, 3.8) is 0 Å². The molecule has 3 rings (SSSR count). The van der Waals surface area contributed by atoms with Crippen molar-refractivity contribution in [1.29, 1.82) is 0 Å². The van der Waals surface area contributed by atoms with E-state index in [0.29, 0.717) is 0 Å². The van der Waals surface area contributed by atoms with Crippen LogP contribution in [0.1, 0.15) is 64.2 Å². The molecule has 0 amide bonds. The topological polar surface area (TPSA) is 6.48 Å². The second kappa shape index (κ2) is 6.38. The molecule has 2 saturated heterocycles. The molecule has 3 aliphatic rings. The molecule has 1 unspecified atom stereocenters. The number of hydrogen-bond donors (Lipinski definition) is 0. The molecule has 1 atom stereocenters. The van der Waals surface area contributed by atoms with E-state index >= 15 is 0 Å². The van der Waals surface area contributed by atoms with Crippen molar-refractivity contribution in [3.05, 3.63) is 0 Å². The van der Waals surface area contributed by atoms with Crippen molar-refractivity contribution in [2.24, 2.45) is 0 Å². The van der Waals surface area contributed by atoms with Crippen molar-refractivity contribution >= 4 is 0 Å². The van der Waals surface area contributed by atoms with Crippen molar-refractivity contribution in [1.82, 2.24) is 9.80 Å². The lowest BCUT2D eigenvalue weighted by Crippen LogP contribution is -2.46. The van der Waals surface area contributed by atoms with E-state index in [2.05, 4.69) is 9.80 Å². The largest absolute Gasteiger partial charge is 0.299 e. The van der Waals surface area contributed by atoms with Crippen LogP contribution in [0, 0.1) is 0 Å². The van der Waals surface area contributed by atoms with Crippen LogP contribution in [0.2, 0.25) is 0 Å². The monoisotopic (exact) mass is 250 g/mol. The highest BCUT2D eigenvalue weighted by Gasteiger charge is 2.30. The highest BCUT2D eigenvalue weighted by atomic mass is 15.3. The number of hydrogen-bond acceptors (Lipinski definition) is 2. The molecule has 1 saturated carbocycles. The second-order valence-corrected chi connectivity index (χ2v) is 6.68. The van der Waals surface area contributed by atoms with Crippen LogP contribution in [0.5, 0.6) is 0 Å². The molecule has 2 aliphatic heterocycles. The predicted octanol–water partition coefficient (Wildman–Crippen LogP) is 3.27. The quantitative estimate of drug-likeness (QED) is 0.659. The average Bonchev–Trinajstić information content (AvgIpc) is 2.79. The summed E-state index contributed by atoms with van der Waals surface area (Å²) in [5, 5.41) is 0. The number of fused-ring (bicyclic) bond motifs is 1.